The highest BCUT2D eigenvalue weighted by Gasteiger charge is 2.25. The summed E-state index contributed by atoms with van der Waals surface area (Å²) in [4.78, 5) is 0. The molecule has 5 heteroatoms. The minimum absolute atomic E-state index is 0.00891. The standard InChI is InChI=1S/C10H20O4S/c1-2-6-15(12,13)7-4-9-8-14-5-3-10(9)11/h9-11H,2-8H2,1H3. The average molecular weight is 236 g/mol. The van der Waals surface area contributed by atoms with Gasteiger partial charge in [-0.3, -0.25) is 0 Å². The predicted octanol–water partition coefficient (Wildman–Crippen LogP) is 0.599. The lowest BCUT2D eigenvalue weighted by Crippen LogP contribution is -2.33. The van der Waals surface area contributed by atoms with Gasteiger partial charge in [-0.2, -0.15) is 0 Å². The lowest BCUT2D eigenvalue weighted by Gasteiger charge is -2.27. The van der Waals surface area contributed by atoms with E-state index >= 15 is 0 Å². The van der Waals surface area contributed by atoms with E-state index in [0.29, 0.717) is 32.5 Å². The van der Waals surface area contributed by atoms with Gasteiger partial charge in [0.25, 0.3) is 0 Å². The van der Waals surface area contributed by atoms with Crippen molar-refractivity contribution in [2.24, 2.45) is 5.92 Å². The molecule has 15 heavy (non-hydrogen) atoms. The lowest BCUT2D eigenvalue weighted by molar-refractivity contribution is -0.0361. The van der Waals surface area contributed by atoms with Crippen molar-refractivity contribution >= 4 is 9.84 Å². The Morgan fingerprint density at radius 2 is 2.13 bits per heavy atom. The molecule has 0 radical (unpaired) electrons. The molecular formula is C10H20O4S. The average Bonchev–Trinajstić information content (AvgIpc) is 2.16. The molecule has 0 aromatic heterocycles. The quantitative estimate of drug-likeness (QED) is 0.759. The number of aliphatic hydroxyl groups is 1. The Kier molecular flexibility index (Phi) is 5.02. The molecule has 90 valence electrons. The van der Waals surface area contributed by atoms with Gasteiger partial charge in [-0.15, -0.1) is 0 Å². The Morgan fingerprint density at radius 3 is 2.73 bits per heavy atom. The summed E-state index contributed by atoms with van der Waals surface area (Å²) in [7, 11) is -2.92. The molecule has 0 aliphatic carbocycles. The normalized spacial score (nSPS) is 27.9. The van der Waals surface area contributed by atoms with Gasteiger partial charge in [-0.1, -0.05) is 6.92 Å². The fraction of sp³-hybridized carbons (Fsp3) is 1.00. The fourth-order valence-electron chi connectivity index (χ4n) is 1.81. The second-order valence-corrected chi connectivity index (χ2v) is 6.44. The first-order chi connectivity index (χ1) is 7.05. The summed E-state index contributed by atoms with van der Waals surface area (Å²) in [6.45, 7) is 2.93. The van der Waals surface area contributed by atoms with E-state index in [1.807, 2.05) is 6.92 Å². The van der Waals surface area contributed by atoms with Crippen molar-refractivity contribution in [2.75, 3.05) is 24.7 Å². The van der Waals surface area contributed by atoms with Gasteiger partial charge in [-0.05, 0) is 19.3 Å². The van der Waals surface area contributed by atoms with Crippen molar-refractivity contribution in [3.05, 3.63) is 0 Å². The summed E-state index contributed by atoms with van der Waals surface area (Å²) in [5, 5.41) is 9.62. The number of rotatable bonds is 5. The maximum atomic E-state index is 11.5. The minimum Gasteiger partial charge on any atom is -0.393 e. The van der Waals surface area contributed by atoms with Crippen LogP contribution in [0, 0.1) is 5.92 Å². The number of hydrogen-bond donors (Lipinski definition) is 1. The van der Waals surface area contributed by atoms with Crippen LogP contribution in [0.15, 0.2) is 0 Å². The zero-order valence-electron chi connectivity index (χ0n) is 9.18. The smallest absolute Gasteiger partial charge is 0.150 e. The molecule has 1 heterocycles. The molecule has 4 nitrogen and oxygen atoms in total. The summed E-state index contributed by atoms with van der Waals surface area (Å²) in [5.74, 6) is 0.410. The van der Waals surface area contributed by atoms with E-state index in [2.05, 4.69) is 0 Å². The first-order valence-electron chi connectivity index (χ1n) is 5.51. The molecule has 2 unspecified atom stereocenters. The Balaban J connectivity index is 2.35. The summed E-state index contributed by atoms with van der Waals surface area (Å²) in [5.41, 5.74) is 0. The van der Waals surface area contributed by atoms with E-state index in [0.717, 1.165) is 0 Å². The van der Waals surface area contributed by atoms with Gasteiger partial charge < -0.3 is 9.84 Å². The van der Waals surface area contributed by atoms with Crippen LogP contribution in [-0.4, -0.2) is 44.3 Å². The van der Waals surface area contributed by atoms with Crippen LogP contribution in [0.25, 0.3) is 0 Å². The molecule has 1 rings (SSSR count). The lowest BCUT2D eigenvalue weighted by atomic mass is 9.96. The van der Waals surface area contributed by atoms with E-state index in [1.165, 1.54) is 0 Å². The van der Waals surface area contributed by atoms with Crippen LogP contribution >= 0.6 is 0 Å². The fourth-order valence-corrected chi connectivity index (χ4v) is 3.29. The molecule has 0 amide bonds. The maximum Gasteiger partial charge on any atom is 0.150 e. The third kappa shape index (κ3) is 4.49. The summed E-state index contributed by atoms with van der Waals surface area (Å²) < 4.78 is 28.1. The molecule has 0 aromatic carbocycles. The van der Waals surface area contributed by atoms with Crippen LogP contribution in [0.5, 0.6) is 0 Å². The van der Waals surface area contributed by atoms with Crippen LogP contribution in [0.2, 0.25) is 0 Å². The molecule has 0 aromatic rings. The first-order valence-corrected chi connectivity index (χ1v) is 7.33. The van der Waals surface area contributed by atoms with E-state index in [1.54, 1.807) is 0 Å². The highest BCUT2D eigenvalue weighted by molar-refractivity contribution is 7.91. The zero-order chi connectivity index (χ0) is 11.3. The van der Waals surface area contributed by atoms with Gasteiger partial charge in [0.05, 0.1) is 18.5 Å². The van der Waals surface area contributed by atoms with Crippen LogP contribution in [0.1, 0.15) is 26.2 Å². The minimum atomic E-state index is -2.92. The molecule has 1 aliphatic heterocycles. The number of sulfone groups is 1. The van der Waals surface area contributed by atoms with Crippen LogP contribution in [0.3, 0.4) is 0 Å². The van der Waals surface area contributed by atoms with Crippen molar-refractivity contribution in [3.63, 3.8) is 0 Å². The van der Waals surface area contributed by atoms with E-state index in [4.69, 9.17) is 4.74 Å². The van der Waals surface area contributed by atoms with Gasteiger partial charge in [0.1, 0.15) is 9.84 Å². The highest BCUT2D eigenvalue weighted by atomic mass is 32.2. The SMILES string of the molecule is CCCS(=O)(=O)CCC1COCCC1O. The highest BCUT2D eigenvalue weighted by Crippen LogP contribution is 2.19. The van der Waals surface area contributed by atoms with E-state index < -0.39 is 15.9 Å². The van der Waals surface area contributed by atoms with Crippen molar-refractivity contribution in [1.82, 2.24) is 0 Å². The second kappa shape index (κ2) is 5.82. The van der Waals surface area contributed by atoms with Crippen molar-refractivity contribution < 1.29 is 18.3 Å². The monoisotopic (exact) mass is 236 g/mol. The molecule has 0 saturated carbocycles. The molecule has 1 N–H and O–H groups in total. The molecule has 0 spiro atoms. The van der Waals surface area contributed by atoms with Gasteiger partial charge in [0.15, 0.2) is 0 Å². The third-order valence-electron chi connectivity index (χ3n) is 2.75. The molecule has 0 bridgehead atoms. The first kappa shape index (κ1) is 12.9. The van der Waals surface area contributed by atoms with Gasteiger partial charge >= 0.3 is 0 Å². The molecular weight excluding hydrogens is 216 g/mol. The van der Waals surface area contributed by atoms with Gasteiger partial charge in [0, 0.05) is 18.3 Å². The molecule has 1 fully saturated rings. The molecule has 1 aliphatic rings. The van der Waals surface area contributed by atoms with Crippen molar-refractivity contribution in [3.8, 4) is 0 Å². The Morgan fingerprint density at radius 1 is 1.40 bits per heavy atom. The summed E-state index contributed by atoms with van der Waals surface area (Å²) in [6, 6.07) is 0. The molecule has 1 saturated heterocycles. The second-order valence-electron chi connectivity index (χ2n) is 4.13. The Labute approximate surface area is 91.6 Å². The van der Waals surface area contributed by atoms with Crippen LogP contribution in [0.4, 0.5) is 0 Å². The number of ether oxygens (including phenoxy) is 1. The maximum absolute atomic E-state index is 11.5. The van der Waals surface area contributed by atoms with E-state index in [9.17, 15) is 13.5 Å². The predicted molar refractivity (Wildman–Crippen MR) is 58.5 cm³/mol. The van der Waals surface area contributed by atoms with Crippen LogP contribution in [-0.2, 0) is 14.6 Å². The summed E-state index contributed by atoms with van der Waals surface area (Å²) in [6.07, 6.45) is 1.41. The van der Waals surface area contributed by atoms with Crippen molar-refractivity contribution in [2.45, 2.75) is 32.3 Å². The van der Waals surface area contributed by atoms with Crippen molar-refractivity contribution in [1.29, 1.82) is 0 Å². The van der Waals surface area contributed by atoms with E-state index in [-0.39, 0.29) is 17.4 Å². The van der Waals surface area contributed by atoms with Crippen LogP contribution < -0.4 is 0 Å². The Bertz CT molecular complexity index is 273. The third-order valence-corrected chi connectivity index (χ3v) is 4.64. The van der Waals surface area contributed by atoms with Gasteiger partial charge in [-0.25, -0.2) is 8.42 Å². The largest absolute Gasteiger partial charge is 0.393 e. The Hall–Kier alpha value is -0.130. The zero-order valence-corrected chi connectivity index (χ0v) is 10.0. The molecule has 2 atom stereocenters. The summed E-state index contributed by atoms with van der Waals surface area (Å²) >= 11 is 0. The number of hydrogen-bond acceptors (Lipinski definition) is 4. The van der Waals surface area contributed by atoms with Gasteiger partial charge in [0.2, 0.25) is 0 Å². The topological polar surface area (TPSA) is 63.6 Å². The number of aliphatic hydroxyl groups excluding tert-OH is 1.